The van der Waals surface area contributed by atoms with Gasteiger partial charge in [0, 0.05) is 70.2 Å². The van der Waals surface area contributed by atoms with E-state index in [4.69, 9.17) is 4.74 Å². The van der Waals surface area contributed by atoms with Crippen LogP contribution in [0.15, 0.2) is 54.6 Å². The summed E-state index contributed by atoms with van der Waals surface area (Å²) in [5.41, 5.74) is 0.672. The van der Waals surface area contributed by atoms with E-state index in [0.717, 1.165) is 31.3 Å². The van der Waals surface area contributed by atoms with Gasteiger partial charge in [-0.15, -0.1) is 0 Å². The molecular weight excluding hydrogens is 418 g/mol. The van der Waals surface area contributed by atoms with Crippen molar-refractivity contribution in [3.8, 4) is 11.5 Å². The monoisotopic (exact) mass is 453 g/mol. The summed E-state index contributed by atoms with van der Waals surface area (Å²) < 4.78 is 5.76. The Kier molecular flexibility index (Phi) is 9.53. The van der Waals surface area contributed by atoms with Crippen molar-refractivity contribution in [3.05, 3.63) is 54.6 Å². The number of urea groups is 1. The highest BCUT2D eigenvalue weighted by Crippen LogP contribution is 2.24. The first-order valence-electron chi connectivity index (χ1n) is 11.6. The highest BCUT2D eigenvalue weighted by atomic mass is 16.5. The minimum atomic E-state index is -0.169. The summed E-state index contributed by atoms with van der Waals surface area (Å²) in [7, 11) is 0. The number of carbonyl (C=O) groups is 2. The zero-order valence-corrected chi connectivity index (χ0v) is 19.6. The Hall–Kier alpha value is -3.10. The van der Waals surface area contributed by atoms with E-state index in [1.165, 1.54) is 13.1 Å². The van der Waals surface area contributed by atoms with E-state index in [9.17, 15) is 9.59 Å². The molecule has 2 aromatic carbocycles. The Balaban J connectivity index is 0.000000286. The van der Waals surface area contributed by atoms with E-state index in [2.05, 4.69) is 29.4 Å². The number of ether oxygens (including phenoxy) is 1. The predicted molar refractivity (Wildman–Crippen MR) is 131 cm³/mol. The number of benzene rings is 2. The first-order chi connectivity index (χ1) is 16.0. The maximum Gasteiger partial charge on any atom is 0.321 e. The normalized spacial score (nSPS) is 16.6. The quantitative estimate of drug-likeness (QED) is 0.681. The summed E-state index contributed by atoms with van der Waals surface area (Å²) in [4.78, 5) is 28.9. The number of nitrogens with one attached hydrogen (secondary N) is 2. The molecule has 2 saturated heterocycles. The van der Waals surface area contributed by atoms with Crippen LogP contribution in [0.4, 0.5) is 10.5 Å². The molecular formula is C25H35N5O3. The van der Waals surface area contributed by atoms with Crippen LogP contribution >= 0.6 is 0 Å². The lowest BCUT2D eigenvalue weighted by Gasteiger charge is -2.32. The number of nitrogens with zero attached hydrogens (tertiary/aromatic N) is 3. The highest BCUT2D eigenvalue weighted by molar-refractivity contribution is 5.89. The largest absolute Gasteiger partial charge is 0.457 e. The van der Waals surface area contributed by atoms with Crippen LogP contribution in [0.3, 0.4) is 0 Å². The second-order valence-electron chi connectivity index (χ2n) is 8.38. The Labute approximate surface area is 196 Å². The molecule has 178 valence electrons. The Bertz CT molecular complexity index is 863. The number of hydrogen-bond acceptors (Lipinski definition) is 5. The van der Waals surface area contributed by atoms with E-state index in [-0.39, 0.29) is 6.03 Å². The van der Waals surface area contributed by atoms with Gasteiger partial charge in [-0.1, -0.05) is 24.3 Å². The van der Waals surface area contributed by atoms with Crippen molar-refractivity contribution >= 4 is 18.1 Å². The average molecular weight is 454 g/mol. The van der Waals surface area contributed by atoms with Crippen LogP contribution in [0.2, 0.25) is 0 Å². The molecule has 0 aromatic heterocycles. The van der Waals surface area contributed by atoms with Crippen molar-refractivity contribution < 1.29 is 14.3 Å². The van der Waals surface area contributed by atoms with Crippen LogP contribution in [-0.4, -0.2) is 85.5 Å². The number of amides is 3. The van der Waals surface area contributed by atoms with Crippen molar-refractivity contribution in [1.82, 2.24) is 20.0 Å². The molecule has 0 aliphatic carbocycles. The van der Waals surface area contributed by atoms with Crippen molar-refractivity contribution in [2.24, 2.45) is 0 Å². The second kappa shape index (κ2) is 12.8. The summed E-state index contributed by atoms with van der Waals surface area (Å²) in [6.07, 6.45) is 0.819. The molecule has 2 N–H and O–H groups in total. The third-order valence-electron chi connectivity index (χ3n) is 5.70. The van der Waals surface area contributed by atoms with Crippen LogP contribution in [0, 0.1) is 0 Å². The lowest BCUT2D eigenvalue weighted by atomic mass is 10.3. The predicted octanol–water partition coefficient (Wildman–Crippen LogP) is 3.08. The summed E-state index contributed by atoms with van der Waals surface area (Å²) in [5.74, 6) is 1.40. The molecule has 0 bridgehead atoms. The van der Waals surface area contributed by atoms with Gasteiger partial charge < -0.3 is 25.2 Å². The van der Waals surface area contributed by atoms with Crippen molar-refractivity contribution in [2.75, 3.05) is 57.7 Å². The summed E-state index contributed by atoms with van der Waals surface area (Å²) >= 11 is 0. The molecule has 2 heterocycles. The first kappa shape index (κ1) is 24.5. The highest BCUT2D eigenvalue weighted by Gasteiger charge is 2.20. The van der Waals surface area contributed by atoms with Gasteiger partial charge in [0.15, 0.2) is 0 Å². The third-order valence-corrected chi connectivity index (χ3v) is 5.70. The van der Waals surface area contributed by atoms with Crippen LogP contribution in [0.5, 0.6) is 11.5 Å². The van der Waals surface area contributed by atoms with Gasteiger partial charge in [-0.05, 0) is 38.1 Å². The van der Waals surface area contributed by atoms with E-state index in [0.29, 0.717) is 37.6 Å². The minimum absolute atomic E-state index is 0.169. The molecule has 33 heavy (non-hydrogen) atoms. The van der Waals surface area contributed by atoms with Crippen LogP contribution < -0.4 is 15.4 Å². The molecule has 2 aromatic rings. The van der Waals surface area contributed by atoms with Crippen LogP contribution in [0.1, 0.15) is 13.8 Å². The van der Waals surface area contributed by atoms with Gasteiger partial charge in [0.2, 0.25) is 6.41 Å². The van der Waals surface area contributed by atoms with E-state index in [1.807, 2.05) is 48.5 Å². The average Bonchev–Trinajstić information content (AvgIpc) is 2.86. The maximum atomic E-state index is 12.3. The number of rotatable bonds is 5. The van der Waals surface area contributed by atoms with Gasteiger partial charge in [0.1, 0.15) is 11.5 Å². The Morgan fingerprint density at radius 3 is 2.21 bits per heavy atom. The van der Waals surface area contributed by atoms with Gasteiger partial charge in [0.25, 0.3) is 0 Å². The molecule has 0 atom stereocenters. The smallest absolute Gasteiger partial charge is 0.321 e. The van der Waals surface area contributed by atoms with Gasteiger partial charge in [0.05, 0.1) is 0 Å². The zero-order chi connectivity index (χ0) is 23.5. The molecule has 3 amide bonds. The van der Waals surface area contributed by atoms with Crippen LogP contribution in [0.25, 0.3) is 0 Å². The summed E-state index contributed by atoms with van der Waals surface area (Å²) in [5, 5.41) is 6.20. The summed E-state index contributed by atoms with van der Waals surface area (Å²) in [6, 6.07) is 17.3. The van der Waals surface area contributed by atoms with E-state index >= 15 is 0 Å². The molecule has 2 aliphatic rings. The molecule has 8 heteroatoms. The Morgan fingerprint density at radius 1 is 0.939 bits per heavy atom. The number of hydrogen-bond donors (Lipinski definition) is 2. The molecule has 4 rings (SSSR count). The standard InChI is InChI=1S/C18H19N3O3.C7H16N2/c22-14-20-9-11-21(12-10-20)18(23)19-15-5-4-8-17(13-15)24-16-6-2-1-3-7-16;1-7(2)9-5-3-8-4-6-9/h1-8,13-14H,9-12H2,(H,19,23);7-8H,3-6H2,1-2H3. The molecule has 0 unspecified atom stereocenters. The first-order valence-corrected chi connectivity index (χ1v) is 11.6. The van der Waals surface area contributed by atoms with Crippen molar-refractivity contribution in [1.29, 1.82) is 0 Å². The van der Waals surface area contributed by atoms with Gasteiger partial charge >= 0.3 is 6.03 Å². The fourth-order valence-electron chi connectivity index (χ4n) is 3.69. The number of carbonyl (C=O) groups excluding carboxylic acids is 2. The fourth-order valence-corrected chi connectivity index (χ4v) is 3.69. The van der Waals surface area contributed by atoms with E-state index in [1.54, 1.807) is 15.9 Å². The van der Waals surface area contributed by atoms with Gasteiger partial charge in [-0.3, -0.25) is 9.69 Å². The molecule has 2 fully saturated rings. The van der Waals surface area contributed by atoms with Gasteiger partial charge in [-0.25, -0.2) is 4.79 Å². The summed E-state index contributed by atoms with van der Waals surface area (Å²) in [6.45, 7) is 11.5. The Morgan fingerprint density at radius 2 is 1.61 bits per heavy atom. The number of piperazine rings is 2. The lowest BCUT2D eigenvalue weighted by molar-refractivity contribution is -0.119. The molecule has 0 saturated carbocycles. The van der Waals surface area contributed by atoms with Crippen LogP contribution in [-0.2, 0) is 4.79 Å². The fraction of sp³-hybridized carbons (Fsp3) is 0.440. The molecule has 2 aliphatic heterocycles. The van der Waals surface area contributed by atoms with Gasteiger partial charge in [-0.2, -0.15) is 0 Å². The topological polar surface area (TPSA) is 77.2 Å². The maximum absolute atomic E-state index is 12.3. The molecule has 8 nitrogen and oxygen atoms in total. The van der Waals surface area contributed by atoms with Crippen molar-refractivity contribution in [2.45, 2.75) is 19.9 Å². The molecule has 0 radical (unpaired) electrons. The zero-order valence-electron chi connectivity index (χ0n) is 19.6. The van der Waals surface area contributed by atoms with Crippen molar-refractivity contribution in [3.63, 3.8) is 0 Å². The lowest BCUT2D eigenvalue weighted by Crippen LogP contribution is -2.49. The second-order valence-corrected chi connectivity index (χ2v) is 8.38. The van der Waals surface area contributed by atoms with E-state index < -0.39 is 0 Å². The number of para-hydroxylation sites is 1. The third kappa shape index (κ3) is 8.07. The molecule has 0 spiro atoms. The minimum Gasteiger partial charge on any atom is -0.457 e. The SMILES string of the molecule is CC(C)N1CCNCC1.O=CN1CCN(C(=O)Nc2cccc(Oc3ccccc3)c2)CC1. The number of anilines is 1.